The first-order chi connectivity index (χ1) is 17.4. The summed E-state index contributed by atoms with van der Waals surface area (Å²) in [6.45, 7) is 0. The molecule has 0 heterocycles. The lowest BCUT2D eigenvalue weighted by Crippen LogP contribution is -2.21. The van der Waals surface area contributed by atoms with Gasteiger partial charge in [-0.2, -0.15) is 52.7 Å². The number of aliphatic carboxylic acids is 4. The van der Waals surface area contributed by atoms with E-state index in [-0.39, 0.29) is 11.1 Å². The van der Waals surface area contributed by atoms with Gasteiger partial charge in [-0.05, 0) is 18.2 Å². The second-order valence-corrected chi connectivity index (χ2v) is 5.52. The molecule has 0 aliphatic carbocycles. The van der Waals surface area contributed by atoms with Gasteiger partial charge in [0.2, 0.25) is 11.8 Å². The fourth-order valence-electron chi connectivity index (χ4n) is 0.826. The van der Waals surface area contributed by atoms with Crippen LogP contribution >= 0.6 is 0 Å². The molecule has 230 valence electrons. The van der Waals surface area contributed by atoms with Crippen molar-refractivity contribution in [2.45, 2.75) is 24.7 Å². The molecule has 2 amide bonds. The highest BCUT2D eigenvalue weighted by Crippen LogP contribution is 2.14. The zero-order chi connectivity index (χ0) is 33.4. The number of nitrogens with two attached hydrogens (primary N) is 2. The van der Waals surface area contributed by atoms with Gasteiger partial charge in [0.05, 0.1) is 0 Å². The lowest BCUT2D eigenvalue weighted by molar-refractivity contribution is -0.193. The van der Waals surface area contributed by atoms with Crippen molar-refractivity contribution in [1.82, 2.24) is 0 Å². The van der Waals surface area contributed by atoms with Gasteiger partial charge in [0.25, 0.3) is 0 Å². The van der Waals surface area contributed by atoms with E-state index in [0.29, 0.717) is 0 Å². The third-order valence-corrected chi connectivity index (χ3v) is 2.40. The van der Waals surface area contributed by atoms with Crippen LogP contribution < -0.4 is 11.5 Å². The highest BCUT2D eigenvalue weighted by molar-refractivity contribution is 5.98. The van der Waals surface area contributed by atoms with E-state index < -0.39 is 60.4 Å². The quantitative estimate of drug-likeness (QED) is 0.264. The van der Waals surface area contributed by atoms with Crippen LogP contribution in [0.5, 0.6) is 0 Å². The standard InChI is InChI=1S/C8H8N2O2.4C2HF3O2/c9-7(11)5-2-1-3-6(4-5)8(10)12;4*3-2(4,5)1(6)7/h1-4H,(H2,9,11)(H2,10,12);4*(H,6,7). The Labute approximate surface area is 210 Å². The number of amides is 2. The maximum atomic E-state index is 10.6. The normalized spacial score (nSPS) is 10.7. The van der Waals surface area contributed by atoms with Crippen molar-refractivity contribution >= 4 is 35.7 Å². The Morgan fingerprint density at radius 1 is 0.475 bits per heavy atom. The van der Waals surface area contributed by atoms with Crippen molar-refractivity contribution in [3.8, 4) is 0 Å². The van der Waals surface area contributed by atoms with Gasteiger partial charge >= 0.3 is 48.6 Å². The SMILES string of the molecule is NC(=O)c1cccc(C(N)=O)c1.O=C(O)C(F)(F)F.O=C(O)C(F)(F)F.O=C(O)C(F)(F)F.O=C(O)C(F)(F)F. The first kappa shape index (κ1) is 42.3. The smallest absolute Gasteiger partial charge is 0.475 e. The molecule has 40 heavy (non-hydrogen) atoms. The minimum Gasteiger partial charge on any atom is -0.475 e. The topological polar surface area (TPSA) is 235 Å². The maximum Gasteiger partial charge on any atom is 0.490 e. The molecule has 0 bridgehead atoms. The number of halogens is 12. The van der Waals surface area contributed by atoms with Crippen molar-refractivity contribution < 1.29 is 102 Å². The van der Waals surface area contributed by atoms with Crippen molar-refractivity contribution in [2.75, 3.05) is 0 Å². The Morgan fingerprint density at radius 3 is 0.725 bits per heavy atom. The van der Waals surface area contributed by atoms with E-state index in [0.717, 1.165) is 0 Å². The summed E-state index contributed by atoms with van der Waals surface area (Å²) in [6.07, 6.45) is -20.3. The molecule has 0 atom stereocenters. The molecular weight excluding hydrogens is 608 g/mol. The number of benzene rings is 1. The number of carboxylic acids is 4. The predicted molar refractivity (Wildman–Crippen MR) is 98.2 cm³/mol. The van der Waals surface area contributed by atoms with Crippen LogP contribution in [0.15, 0.2) is 24.3 Å². The Morgan fingerprint density at radius 2 is 0.625 bits per heavy atom. The van der Waals surface area contributed by atoms with Crippen LogP contribution in [0, 0.1) is 0 Å². The predicted octanol–water partition coefficient (Wildman–Crippen LogP) is 2.42. The Hall–Kier alpha value is -4.80. The molecule has 0 fully saturated rings. The molecule has 0 aliphatic rings. The molecule has 0 spiro atoms. The van der Waals surface area contributed by atoms with Gasteiger partial charge in [-0.3, -0.25) is 9.59 Å². The first-order valence-electron chi connectivity index (χ1n) is 8.29. The molecule has 1 rings (SSSR count). The van der Waals surface area contributed by atoms with Gasteiger partial charge in [-0.25, -0.2) is 19.2 Å². The molecule has 0 saturated carbocycles. The number of alkyl halides is 12. The van der Waals surface area contributed by atoms with Gasteiger partial charge in [-0.15, -0.1) is 0 Å². The molecular formula is C16H12F12N2O10. The summed E-state index contributed by atoms with van der Waals surface area (Å²) in [5, 5.41) is 28.5. The van der Waals surface area contributed by atoms with E-state index in [4.69, 9.17) is 51.1 Å². The molecule has 1 aromatic carbocycles. The minimum atomic E-state index is -5.08. The van der Waals surface area contributed by atoms with Crippen LogP contribution in [-0.4, -0.2) is 80.8 Å². The Kier molecular flexibility index (Phi) is 17.9. The molecule has 24 heteroatoms. The highest BCUT2D eigenvalue weighted by atomic mass is 19.4. The zero-order valence-electron chi connectivity index (χ0n) is 18.2. The van der Waals surface area contributed by atoms with Gasteiger partial charge in [0.15, 0.2) is 0 Å². The van der Waals surface area contributed by atoms with Gasteiger partial charge < -0.3 is 31.9 Å². The van der Waals surface area contributed by atoms with Gasteiger partial charge in [0, 0.05) is 11.1 Å². The first-order valence-corrected chi connectivity index (χ1v) is 8.29. The monoisotopic (exact) mass is 620 g/mol. The molecule has 0 unspecified atom stereocenters. The Bertz CT molecular complexity index is 906. The average molecular weight is 620 g/mol. The molecule has 0 radical (unpaired) electrons. The van der Waals surface area contributed by atoms with Crippen molar-refractivity contribution in [3.63, 3.8) is 0 Å². The third-order valence-electron chi connectivity index (χ3n) is 2.40. The number of rotatable bonds is 2. The summed E-state index contributed by atoms with van der Waals surface area (Å²) in [5.74, 6) is -12.2. The summed E-state index contributed by atoms with van der Waals surface area (Å²) < 4.78 is 127. The number of hydrogen-bond donors (Lipinski definition) is 6. The van der Waals surface area contributed by atoms with Crippen molar-refractivity contribution in [3.05, 3.63) is 35.4 Å². The number of hydrogen-bond acceptors (Lipinski definition) is 6. The summed E-state index contributed by atoms with van der Waals surface area (Å²) in [4.78, 5) is 56.9. The molecule has 0 aliphatic heterocycles. The lowest BCUT2D eigenvalue weighted by Gasteiger charge is -1.97. The fraction of sp³-hybridized carbons (Fsp3) is 0.250. The van der Waals surface area contributed by atoms with Gasteiger partial charge in [0.1, 0.15) is 0 Å². The number of carbonyl (C=O) groups is 6. The van der Waals surface area contributed by atoms with Crippen molar-refractivity contribution in [2.24, 2.45) is 11.5 Å². The van der Waals surface area contributed by atoms with E-state index in [2.05, 4.69) is 0 Å². The van der Waals surface area contributed by atoms with Crippen LogP contribution in [-0.2, 0) is 19.2 Å². The van der Waals surface area contributed by atoms with Crippen LogP contribution in [0.1, 0.15) is 20.7 Å². The van der Waals surface area contributed by atoms with E-state index in [1.54, 1.807) is 6.07 Å². The lowest BCUT2D eigenvalue weighted by atomic mass is 10.1. The van der Waals surface area contributed by atoms with Crippen molar-refractivity contribution in [1.29, 1.82) is 0 Å². The summed E-state index contributed by atoms with van der Waals surface area (Å²) >= 11 is 0. The van der Waals surface area contributed by atoms with E-state index >= 15 is 0 Å². The fourth-order valence-corrected chi connectivity index (χ4v) is 0.826. The molecule has 0 aromatic heterocycles. The Balaban J connectivity index is -0.000000208. The zero-order valence-corrected chi connectivity index (χ0v) is 18.2. The summed E-state index contributed by atoms with van der Waals surface area (Å²) in [6, 6.07) is 5.97. The maximum absolute atomic E-state index is 10.6. The van der Waals surface area contributed by atoms with E-state index in [1.807, 2.05) is 0 Å². The minimum absolute atomic E-state index is 0.284. The van der Waals surface area contributed by atoms with E-state index in [9.17, 15) is 62.3 Å². The molecule has 8 N–H and O–H groups in total. The van der Waals surface area contributed by atoms with E-state index in [1.165, 1.54) is 18.2 Å². The van der Waals surface area contributed by atoms with Crippen LogP contribution in [0.4, 0.5) is 52.7 Å². The number of primary amides is 2. The molecule has 1 aromatic rings. The van der Waals surface area contributed by atoms with Crippen LogP contribution in [0.2, 0.25) is 0 Å². The molecule has 12 nitrogen and oxygen atoms in total. The third kappa shape index (κ3) is 24.9. The number of carboxylic acid groups (broad SMARTS) is 4. The van der Waals surface area contributed by atoms with Crippen LogP contribution in [0.3, 0.4) is 0 Å². The largest absolute Gasteiger partial charge is 0.490 e. The van der Waals surface area contributed by atoms with Gasteiger partial charge in [-0.1, -0.05) is 6.07 Å². The average Bonchev–Trinajstić information content (AvgIpc) is 2.72. The summed E-state index contributed by atoms with van der Waals surface area (Å²) in [5.41, 5.74) is 10.6. The highest BCUT2D eigenvalue weighted by Gasteiger charge is 2.39. The second-order valence-electron chi connectivity index (χ2n) is 5.52. The van der Waals surface area contributed by atoms with Crippen LogP contribution in [0.25, 0.3) is 0 Å². The molecule has 0 saturated heterocycles. The summed E-state index contributed by atoms with van der Waals surface area (Å²) in [7, 11) is 0. The number of carbonyl (C=O) groups excluding carboxylic acids is 2. The second kappa shape index (κ2) is 16.9.